The van der Waals surface area contributed by atoms with E-state index in [0.29, 0.717) is 5.92 Å². The van der Waals surface area contributed by atoms with Gasteiger partial charge in [-0.05, 0) is 24.1 Å². The van der Waals surface area contributed by atoms with Gasteiger partial charge in [0.15, 0.2) is 0 Å². The maximum atomic E-state index is 13.2. The molecule has 0 aliphatic heterocycles. The summed E-state index contributed by atoms with van der Waals surface area (Å²) in [7, 11) is 0. The molecule has 1 atom stereocenters. The minimum atomic E-state index is -0.746. The lowest BCUT2D eigenvalue weighted by molar-refractivity contribution is 0.0996. The summed E-state index contributed by atoms with van der Waals surface area (Å²) >= 11 is 0. The zero-order valence-electron chi connectivity index (χ0n) is 9.59. The second-order valence-corrected chi connectivity index (χ2v) is 3.95. The van der Waals surface area contributed by atoms with Gasteiger partial charge in [-0.25, -0.2) is 4.39 Å². The average molecular weight is 224 g/mol. The van der Waals surface area contributed by atoms with Gasteiger partial charge in [-0.3, -0.25) is 4.79 Å². The van der Waals surface area contributed by atoms with Crippen LogP contribution in [0.1, 0.15) is 30.6 Å². The molecule has 0 aliphatic rings. The Balaban J connectivity index is 2.75. The van der Waals surface area contributed by atoms with Crippen molar-refractivity contribution in [3.8, 4) is 0 Å². The second kappa shape index (κ2) is 5.49. The van der Waals surface area contributed by atoms with Crippen molar-refractivity contribution in [1.82, 2.24) is 0 Å². The summed E-state index contributed by atoms with van der Waals surface area (Å²) in [5.41, 5.74) is 5.70. The predicted octanol–water partition coefficient (Wildman–Crippen LogP) is 2.38. The van der Waals surface area contributed by atoms with Crippen molar-refractivity contribution in [2.45, 2.75) is 20.3 Å². The van der Waals surface area contributed by atoms with Gasteiger partial charge in [-0.2, -0.15) is 0 Å². The molecule has 0 radical (unpaired) electrons. The molecule has 0 aliphatic carbocycles. The third-order valence-electron chi connectivity index (χ3n) is 2.58. The first-order valence-electron chi connectivity index (χ1n) is 5.37. The molecule has 0 spiro atoms. The summed E-state index contributed by atoms with van der Waals surface area (Å²) in [5.74, 6) is -0.798. The molecular formula is C12H17FN2O. The summed E-state index contributed by atoms with van der Waals surface area (Å²) in [6, 6.07) is 4.29. The van der Waals surface area contributed by atoms with Crippen LogP contribution in [-0.4, -0.2) is 12.5 Å². The molecular weight excluding hydrogens is 207 g/mol. The van der Waals surface area contributed by atoms with Crippen molar-refractivity contribution in [3.63, 3.8) is 0 Å². The van der Waals surface area contributed by atoms with E-state index in [0.717, 1.165) is 18.7 Å². The van der Waals surface area contributed by atoms with Crippen LogP contribution < -0.4 is 11.1 Å². The number of hydrogen-bond acceptors (Lipinski definition) is 2. The lowest BCUT2D eigenvalue weighted by Crippen LogP contribution is -2.15. The number of rotatable bonds is 5. The first-order valence-corrected chi connectivity index (χ1v) is 5.37. The molecule has 16 heavy (non-hydrogen) atoms. The number of hydrogen-bond donors (Lipinski definition) is 2. The van der Waals surface area contributed by atoms with Gasteiger partial charge in [0.25, 0.3) is 5.91 Å². The lowest BCUT2D eigenvalue weighted by atomic mass is 10.1. The number of halogens is 1. The molecule has 3 N–H and O–H groups in total. The molecule has 1 rings (SSSR count). The van der Waals surface area contributed by atoms with Crippen molar-refractivity contribution in [3.05, 3.63) is 29.6 Å². The summed E-state index contributed by atoms with van der Waals surface area (Å²) in [6.45, 7) is 5.01. The van der Waals surface area contributed by atoms with Crippen LogP contribution in [0, 0.1) is 11.7 Å². The lowest BCUT2D eigenvalue weighted by Gasteiger charge is -2.12. The van der Waals surface area contributed by atoms with E-state index in [4.69, 9.17) is 5.73 Å². The maximum absolute atomic E-state index is 13.2. The molecule has 0 bridgehead atoms. The molecule has 0 saturated carbocycles. The monoisotopic (exact) mass is 224 g/mol. The van der Waals surface area contributed by atoms with E-state index in [-0.39, 0.29) is 5.56 Å². The molecule has 3 nitrogen and oxygen atoms in total. The van der Waals surface area contributed by atoms with Gasteiger partial charge in [0, 0.05) is 12.2 Å². The molecule has 0 fully saturated rings. The van der Waals surface area contributed by atoms with Crippen LogP contribution >= 0.6 is 0 Å². The van der Waals surface area contributed by atoms with Crippen LogP contribution in [0.3, 0.4) is 0 Å². The van der Waals surface area contributed by atoms with Crippen LogP contribution in [0.4, 0.5) is 10.1 Å². The molecule has 0 saturated heterocycles. The van der Waals surface area contributed by atoms with Crippen molar-refractivity contribution in [2.75, 3.05) is 11.9 Å². The molecule has 1 aromatic carbocycles. The number of carbonyl (C=O) groups excluding carboxylic acids is 1. The minimum Gasteiger partial charge on any atom is -0.385 e. The van der Waals surface area contributed by atoms with Crippen LogP contribution in [0.5, 0.6) is 0 Å². The molecule has 0 aromatic heterocycles. The van der Waals surface area contributed by atoms with E-state index in [1.54, 1.807) is 6.07 Å². The van der Waals surface area contributed by atoms with E-state index in [9.17, 15) is 9.18 Å². The first kappa shape index (κ1) is 12.5. The number of nitrogens with two attached hydrogens (primary N) is 1. The number of benzene rings is 1. The Kier molecular flexibility index (Phi) is 4.28. The van der Waals surface area contributed by atoms with Crippen molar-refractivity contribution in [1.29, 1.82) is 0 Å². The van der Waals surface area contributed by atoms with Gasteiger partial charge >= 0.3 is 0 Å². The topological polar surface area (TPSA) is 55.1 Å². The largest absolute Gasteiger partial charge is 0.385 e. The molecule has 1 unspecified atom stereocenters. The first-order chi connectivity index (χ1) is 7.54. The Hall–Kier alpha value is -1.58. The highest BCUT2D eigenvalue weighted by molar-refractivity contribution is 5.94. The van der Waals surface area contributed by atoms with E-state index >= 15 is 0 Å². The standard InChI is InChI=1S/C12H17FN2O/c1-3-8(2)7-15-9-4-5-11(13)10(6-9)12(14)16/h4-6,8,15H,3,7H2,1-2H3,(H2,14,16). The fraction of sp³-hybridized carbons (Fsp3) is 0.417. The zero-order chi connectivity index (χ0) is 12.1. The highest BCUT2D eigenvalue weighted by atomic mass is 19.1. The Labute approximate surface area is 94.8 Å². The van der Waals surface area contributed by atoms with E-state index < -0.39 is 11.7 Å². The Bertz CT molecular complexity index is 379. The van der Waals surface area contributed by atoms with E-state index in [1.165, 1.54) is 12.1 Å². The molecule has 4 heteroatoms. The van der Waals surface area contributed by atoms with Crippen molar-refractivity contribution >= 4 is 11.6 Å². The van der Waals surface area contributed by atoms with Gasteiger partial charge in [0.1, 0.15) is 5.82 Å². The Morgan fingerprint density at radius 2 is 2.25 bits per heavy atom. The number of nitrogens with one attached hydrogen (secondary N) is 1. The second-order valence-electron chi connectivity index (χ2n) is 3.95. The summed E-state index contributed by atoms with van der Waals surface area (Å²) in [6.07, 6.45) is 1.07. The minimum absolute atomic E-state index is 0.0749. The number of primary amides is 1. The van der Waals surface area contributed by atoms with Crippen molar-refractivity contribution in [2.24, 2.45) is 11.7 Å². The highest BCUT2D eigenvalue weighted by Gasteiger charge is 2.09. The van der Waals surface area contributed by atoms with Crippen LogP contribution in [-0.2, 0) is 0 Å². The summed E-state index contributed by atoms with van der Waals surface area (Å²) in [5, 5.41) is 3.14. The molecule has 0 heterocycles. The smallest absolute Gasteiger partial charge is 0.251 e. The van der Waals surface area contributed by atoms with Gasteiger partial charge in [-0.1, -0.05) is 20.3 Å². The third-order valence-corrected chi connectivity index (χ3v) is 2.58. The van der Waals surface area contributed by atoms with E-state index in [1.807, 2.05) is 0 Å². The van der Waals surface area contributed by atoms with Gasteiger partial charge in [0.2, 0.25) is 0 Å². The predicted molar refractivity (Wildman–Crippen MR) is 62.9 cm³/mol. The average Bonchev–Trinajstić information content (AvgIpc) is 2.27. The number of anilines is 1. The van der Waals surface area contributed by atoms with Crippen LogP contribution in [0.25, 0.3) is 0 Å². The number of carbonyl (C=O) groups is 1. The SMILES string of the molecule is CCC(C)CNc1ccc(F)c(C(N)=O)c1. The van der Waals surface area contributed by atoms with Gasteiger partial charge < -0.3 is 11.1 Å². The quantitative estimate of drug-likeness (QED) is 0.806. The van der Waals surface area contributed by atoms with Crippen LogP contribution in [0.15, 0.2) is 18.2 Å². The molecule has 1 aromatic rings. The van der Waals surface area contributed by atoms with E-state index in [2.05, 4.69) is 19.2 Å². The molecule has 88 valence electrons. The zero-order valence-corrected chi connectivity index (χ0v) is 9.59. The summed E-state index contributed by atoms with van der Waals surface area (Å²) < 4.78 is 13.2. The highest BCUT2D eigenvalue weighted by Crippen LogP contribution is 2.15. The fourth-order valence-electron chi connectivity index (χ4n) is 1.26. The number of amides is 1. The van der Waals surface area contributed by atoms with Gasteiger partial charge in [0.05, 0.1) is 5.56 Å². The van der Waals surface area contributed by atoms with Crippen LogP contribution in [0.2, 0.25) is 0 Å². The molecule has 1 amide bonds. The fourth-order valence-corrected chi connectivity index (χ4v) is 1.26. The Morgan fingerprint density at radius 3 is 2.81 bits per heavy atom. The normalized spacial score (nSPS) is 12.2. The maximum Gasteiger partial charge on any atom is 0.251 e. The third kappa shape index (κ3) is 3.22. The Morgan fingerprint density at radius 1 is 1.56 bits per heavy atom. The van der Waals surface area contributed by atoms with Gasteiger partial charge in [-0.15, -0.1) is 0 Å². The summed E-state index contributed by atoms with van der Waals surface area (Å²) in [4.78, 5) is 10.9. The van der Waals surface area contributed by atoms with Crippen molar-refractivity contribution < 1.29 is 9.18 Å².